The van der Waals surface area contributed by atoms with Crippen molar-refractivity contribution in [2.45, 2.75) is 33.3 Å². The largest absolute Gasteiger partial charge is 0.495 e. The molecule has 0 fully saturated rings. The van der Waals surface area contributed by atoms with Gasteiger partial charge >= 0.3 is 0 Å². The van der Waals surface area contributed by atoms with Crippen LogP contribution in [0.4, 0.5) is 0 Å². The highest BCUT2D eigenvalue weighted by atomic mass is 16.5. The molecule has 0 saturated carbocycles. The molecule has 0 aliphatic heterocycles. The van der Waals surface area contributed by atoms with Gasteiger partial charge in [-0.2, -0.15) is 0 Å². The van der Waals surface area contributed by atoms with Gasteiger partial charge in [-0.3, -0.25) is 0 Å². The van der Waals surface area contributed by atoms with E-state index >= 15 is 0 Å². The van der Waals surface area contributed by atoms with Crippen molar-refractivity contribution < 1.29 is 4.74 Å². The van der Waals surface area contributed by atoms with Gasteiger partial charge in [0, 0.05) is 6.42 Å². The fourth-order valence-corrected chi connectivity index (χ4v) is 1.45. The standard InChI is InChI=1S/C15H20O/c1-5-15(16-12(2)3)11-13(4)14-9-7-6-8-10-14/h6-12H,4-5H2,1-3H3/b15-11-. The Morgan fingerprint density at radius 1 is 1.31 bits per heavy atom. The van der Waals surface area contributed by atoms with Gasteiger partial charge in [-0.05, 0) is 31.1 Å². The van der Waals surface area contributed by atoms with Crippen molar-refractivity contribution in [1.82, 2.24) is 0 Å². The van der Waals surface area contributed by atoms with Gasteiger partial charge in [-0.1, -0.05) is 43.8 Å². The van der Waals surface area contributed by atoms with Gasteiger partial charge in [0.1, 0.15) is 0 Å². The van der Waals surface area contributed by atoms with Crippen LogP contribution in [0.5, 0.6) is 0 Å². The van der Waals surface area contributed by atoms with E-state index in [-0.39, 0.29) is 6.10 Å². The molecule has 1 rings (SSSR count). The Hall–Kier alpha value is -1.50. The fraction of sp³-hybridized carbons (Fsp3) is 0.333. The third kappa shape index (κ3) is 3.93. The minimum atomic E-state index is 0.217. The number of benzene rings is 1. The summed E-state index contributed by atoms with van der Waals surface area (Å²) in [6.45, 7) is 10.2. The second kappa shape index (κ2) is 6.16. The van der Waals surface area contributed by atoms with E-state index in [1.54, 1.807) is 0 Å². The Labute approximate surface area is 98.5 Å². The first-order valence-corrected chi connectivity index (χ1v) is 5.75. The maximum absolute atomic E-state index is 5.69. The average Bonchev–Trinajstić information content (AvgIpc) is 2.28. The average molecular weight is 216 g/mol. The van der Waals surface area contributed by atoms with Crippen molar-refractivity contribution in [3.63, 3.8) is 0 Å². The number of allylic oxidation sites excluding steroid dienone is 3. The zero-order valence-electron chi connectivity index (χ0n) is 10.4. The van der Waals surface area contributed by atoms with Gasteiger partial charge in [0.15, 0.2) is 0 Å². The van der Waals surface area contributed by atoms with Crippen molar-refractivity contribution in [2.24, 2.45) is 0 Å². The van der Waals surface area contributed by atoms with Gasteiger partial charge in [-0.25, -0.2) is 0 Å². The molecule has 0 saturated heterocycles. The monoisotopic (exact) mass is 216 g/mol. The summed E-state index contributed by atoms with van der Waals surface area (Å²) < 4.78 is 5.69. The van der Waals surface area contributed by atoms with Crippen LogP contribution in [0.2, 0.25) is 0 Å². The normalized spacial score (nSPS) is 11.6. The first-order valence-electron chi connectivity index (χ1n) is 5.75. The molecule has 0 amide bonds. The molecule has 1 heteroatoms. The minimum absolute atomic E-state index is 0.217. The molecule has 0 radical (unpaired) electrons. The van der Waals surface area contributed by atoms with Gasteiger partial charge in [0.2, 0.25) is 0 Å². The third-order valence-electron chi connectivity index (χ3n) is 2.22. The molecule has 0 unspecified atom stereocenters. The molecule has 0 aromatic heterocycles. The lowest BCUT2D eigenvalue weighted by atomic mass is 10.1. The van der Waals surface area contributed by atoms with Crippen molar-refractivity contribution in [3.8, 4) is 0 Å². The summed E-state index contributed by atoms with van der Waals surface area (Å²) in [4.78, 5) is 0. The molecule has 1 nitrogen and oxygen atoms in total. The highest BCUT2D eigenvalue weighted by molar-refractivity contribution is 5.72. The van der Waals surface area contributed by atoms with E-state index in [0.717, 1.165) is 23.3 Å². The molecule has 0 N–H and O–H groups in total. The maximum Gasteiger partial charge on any atom is 0.0966 e. The Kier molecular flexibility index (Phi) is 4.84. The molecular formula is C15H20O. The predicted molar refractivity (Wildman–Crippen MR) is 70.1 cm³/mol. The van der Waals surface area contributed by atoms with E-state index in [1.165, 1.54) is 0 Å². The van der Waals surface area contributed by atoms with Crippen LogP contribution in [-0.4, -0.2) is 6.10 Å². The molecule has 0 heterocycles. The Balaban J connectivity index is 2.78. The number of ether oxygens (including phenoxy) is 1. The highest BCUT2D eigenvalue weighted by Crippen LogP contribution is 2.17. The van der Waals surface area contributed by atoms with Gasteiger partial charge < -0.3 is 4.74 Å². The summed E-state index contributed by atoms with van der Waals surface area (Å²) in [5.74, 6) is 0.990. The van der Waals surface area contributed by atoms with Crippen molar-refractivity contribution in [2.75, 3.05) is 0 Å². The van der Waals surface area contributed by atoms with Gasteiger partial charge in [-0.15, -0.1) is 0 Å². The third-order valence-corrected chi connectivity index (χ3v) is 2.22. The van der Waals surface area contributed by atoms with Crippen LogP contribution < -0.4 is 0 Å². The lowest BCUT2D eigenvalue weighted by Gasteiger charge is -2.12. The molecule has 86 valence electrons. The van der Waals surface area contributed by atoms with Gasteiger partial charge in [0.05, 0.1) is 11.9 Å². The summed E-state index contributed by atoms with van der Waals surface area (Å²) in [7, 11) is 0. The number of hydrogen-bond donors (Lipinski definition) is 0. The zero-order valence-corrected chi connectivity index (χ0v) is 10.4. The summed E-state index contributed by atoms with van der Waals surface area (Å²) >= 11 is 0. The van der Waals surface area contributed by atoms with Crippen LogP contribution in [0, 0.1) is 0 Å². The second-order valence-electron chi connectivity index (χ2n) is 4.02. The summed E-state index contributed by atoms with van der Waals surface area (Å²) in [6, 6.07) is 10.2. The van der Waals surface area contributed by atoms with Gasteiger partial charge in [0.25, 0.3) is 0 Å². The van der Waals surface area contributed by atoms with Crippen molar-refractivity contribution in [3.05, 3.63) is 54.3 Å². The topological polar surface area (TPSA) is 9.23 Å². The van der Waals surface area contributed by atoms with Crippen LogP contribution >= 0.6 is 0 Å². The van der Waals surface area contributed by atoms with Crippen LogP contribution in [0.25, 0.3) is 5.57 Å². The number of rotatable bonds is 5. The fourth-order valence-electron chi connectivity index (χ4n) is 1.45. The lowest BCUT2D eigenvalue weighted by Crippen LogP contribution is -2.01. The van der Waals surface area contributed by atoms with E-state index < -0.39 is 0 Å². The summed E-state index contributed by atoms with van der Waals surface area (Å²) in [5.41, 5.74) is 2.14. The molecule has 0 aliphatic rings. The minimum Gasteiger partial charge on any atom is -0.495 e. The van der Waals surface area contributed by atoms with Crippen molar-refractivity contribution in [1.29, 1.82) is 0 Å². The quantitative estimate of drug-likeness (QED) is 0.523. The highest BCUT2D eigenvalue weighted by Gasteiger charge is 2.01. The van der Waals surface area contributed by atoms with Crippen molar-refractivity contribution >= 4 is 5.57 Å². The molecule has 0 spiro atoms. The molecule has 0 atom stereocenters. The predicted octanol–water partition coefficient (Wildman–Crippen LogP) is 4.42. The number of hydrogen-bond acceptors (Lipinski definition) is 1. The molecular weight excluding hydrogens is 196 g/mol. The Morgan fingerprint density at radius 3 is 2.44 bits per heavy atom. The van der Waals surface area contributed by atoms with Crippen LogP contribution in [-0.2, 0) is 4.74 Å². The van der Waals surface area contributed by atoms with Crippen LogP contribution in [0.15, 0.2) is 48.7 Å². The zero-order chi connectivity index (χ0) is 12.0. The lowest BCUT2D eigenvalue weighted by molar-refractivity contribution is 0.142. The van der Waals surface area contributed by atoms with E-state index in [1.807, 2.05) is 38.1 Å². The maximum atomic E-state index is 5.69. The SMILES string of the molecule is C=C(/C=C(/CC)OC(C)C)c1ccccc1. The van der Waals surface area contributed by atoms with E-state index in [4.69, 9.17) is 4.74 Å². The summed E-state index contributed by atoms with van der Waals surface area (Å²) in [6.07, 6.45) is 3.13. The first kappa shape index (κ1) is 12.6. The first-order chi connectivity index (χ1) is 7.63. The Bertz CT molecular complexity index is 360. The van der Waals surface area contributed by atoms with E-state index in [2.05, 4.69) is 25.6 Å². The summed E-state index contributed by atoms with van der Waals surface area (Å²) in [5, 5.41) is 0. The molecule has 0 aliphatic carbocycles. The molecule has 16 heavy (non-hydrogen) atoms. The molecule has 1 aromatic rings. The van der Waals surface area contributed by atoms with E-state index in [0.29, 0.717) is 0 Å². The molecule has 0 bridgehead atoms. The second-order valence-corrected chi connectivity index (χ2v) is 4.02. The van der Waals surface area contributed by atoms with Crippen LogP contribution in [0.3, 0.4) is 0 Å². The molecule has 1 aromatic carbocycles. The van der Waals surface area contributed by atoms with Crippen LogP contribution in [0.1, 0.15) is 32.8 Å². The van der Waals surface area contributed by atoms with E-state index in [9.17, 15) is 0 Å². The smallest absolute Gasteiger partial charge is 0.0966 e. The Morgan fingerprint density at radius 2 is 1.94 bits per heavy atom.